The summed E-state index contributed by atoms with van der Waals surface area (Å²) < 4.78 is 22.6. The molecule has 1 amide bonds. The summed E-state index contributed by atoms with van der Waals surface area (Å²) in [5, 5.41) is 13.1. The smallest absolute Gasteiger partial charge is 0.321 e. The van der Waals surface area contributed by atoms with Gasteiger partial charge in [0.2, 0.25) is 5.91 Å². The molecule has 0 radical (unpaired) electrons. The van der Waals surface area contributed by atoms with Gasteiger partial charge < -0.3 is 10.8 Å². The molecule has 0 aliphatic heterocycles. The molecule has 0 aromatic carbocycles. The van der Waals surface area contributed by atoms with Crippen molar-refractivity contribution in [2.45, 2.75) is 18.9 Å². The number of carbonyl (C=O) groups is 2. The van der Waals surface area contributed by atoms with Crippen LogP contribution in [0.15, 0.2) is 0 Å². The van der Waals surface area contributed by atoms with Crippen LogP contribution < -0.4 is 15.6 Å². The number of aliphatic carboxylic acids is 1. The van der Waals surface area contributed by atoms with Crippen LogP contribution in [-0.4, -0.2) is 31.4 Å². The Kier molecular flexibility index (Phi) is 4.47. The molecule has 82 valence electrons. The Morgan fingerprint density at radius 3 is 2.21 bits per heavy atom. The van der Waals surface area contributed by atoms with E-state index in [1.165, 1.54) is 0 Å². The first-order valence-corrected chi connectivity index (χ1v) is 5.08. The van der Waals surface area contributed by atoms with E-state index in [0.29, 0.717) is 0 Å². The van der Waals surface area contributed by atoms with E-state index >= 15 is 0 Å². The number of nitrogens with one attached hydrogen (secondary N) is 1. The number of carboxylic acid groups (broad SMARTS) is 1. The third-order valence-corrected chi connectivity index (χ3v) is 1.90. The maximum atomic E-state index is 10.5. The Balaban J connectivity index is 4.32. The van der Waals surface area contributed by atoms with Crippen LogP contribution in [0.5, 0.6) is 0 Å². The second-order valence-corrected chi connectivity index (χ2v) is 3.88. The molecule has 0 aromatic heterocycles. The van der Waals surface area contributed by atoms with Crippen LogP contribution in [-0.2, 0) is 19.8 Å². The van der Waals surface area contributed by atoms with E-state index in [4.69, 9.17) is 10.8 Å². The van der Waals surface area contributed by atoms with Crippen LogP contribution in [0.4, 0.5) is 0 Å². The third-order valence-electron chi connectivity index (χ3n) is 1.28. The minimum absolute atomic E-state index is 0.235. The quantitative estimate of drug-likeness (QED) is 0.393. The largest absolute Gasteiger partial charge is 0.480 e. The second kappa shape index (κ2) is 4.88. The highest BCUT2D eigenvalue weighted by atomic mass is 32.2. The van der Waals surface area contributed by atoms with Gasteiger partial charge in [-0.25, -0.2) is 5.14 Å². The van der Waals surface area contributed by atoms with Gasteiger partial charge in [0.1, 0.15) is 6.04 Å². The van der Waals surface area contributed by atoms with E-state index in [0.717, 1.165) is 0 Å². The fourth-order valence-electron chi connectivity index (χ4n) is 0.718. The molecule has 0 spiro atoms. The average Bonchev–Trinajstić information content (AvgIpc) is 1.94. The molecular weight excluding hydrogens is 214 g/mol. The number of amides is 1. The zero-order valence-electron chi connectivity index (χ0n) is 7.13. The summed E-state index contributed by atoms with van der Waals surface area (Å²) in [7, 11) is -4.10. The van der Waals surface area contributed by atoms with Gasteiger partial charge in [-0.3, -0.25) is 9.59 Å². The lowest BCUT2D eigenvalue weighted by atomic mass is 10.2. The molecule has 0 saturated heterocycles. The predicted molar refractivity (Wildman–Crippen MR) is 46.1 cm³/mol. The molecule has 8 nitrogen and oxygen atoms in total. The molecule has 14 heavy (non-hydrogen) atoms. The number of carbonyl (C=O) groups excluding carboxylic acids is 1. The number of hydrogen-bond donors (Lipinski definition) is 4. The van der Waals surface area contributed by atoms with Crippen molar-refractivity contribution >= 4 is 22.1 Å². The van der Waals surface area contributed by atoms with E-state index in [1.807, 2.05) is 0 Å². The van der Waals surface area contributed by atoms with E-state index < -0.39 is 28.1 Å². The van der Waals surface area contributed by atoms with Crippen LogP contribution in [0.25, 0.3) is 0 Å². The van der Waals surface area contributed by atoms with Gasteiger partial charge in [-0.2, -0.15) is 13.1 Å². The van der Waals surface area contributed by atoms with Gasteiger partial charge in [0.25, 0.3) is 10.2 Å². The topological polar surface area (TPSA) is 153 Å². The number of hydrogen-bond acceptors (Lipinski definition) is 4. The average molecular weight is 225 g/mol. The Morgan fingerprint density at radius 1 is 1.43 bits per heavy atom. The molecule has 0 saturated carbocycles. The number of nitrogens with two attached hydrogens (primary N) is 2. The van der Waals surface area contributed by atoms with Crippen LogP contribution in [0.2, 0.25) is 0 Å². The highest BCUT2D eigenvalue weighted by molar-refractivity contribution is 7.87. The Bertz CT molecular complexity index is 324. The van der Waals surface area contributed by atoms with Crippen molar-refractivity contribution in [3.8, 4) is 0 Å². The summed E-state index contributed by atoms with van der Waals surface area (Å²) in [5.41, 5.74) is 4.76. The van der Waals surface area contributed by atoms with Gasteiger partial charge in [-0.1, -0.05) is 0 Å². The van der Waals surface area contributed by atoms with Gasteiger partial charge in [-0.15, -0.1) is 0 Å². The van der Waals surface area contributed by atoms with Gasteiger partial charge in [0.15, 0.2) is 0 Å². The lowest BCUT2D eigenvalue weighted by Gasteiger charge is -2.10. The predicted octanol–water partition coefficient (Wildman–Crippen LogP) is -2.50. The molecule has 0 unspecified atom stereocenters. The SMILES string of the molecule is NC(=O)CC[C@@H](NS(N)(=O)=O)C(=O)O. The lowest BCUT2D eigenvalue weighted by Crippen LogP contribution is -2.44. The summed E-state index contributed by atoms with van der Waals surface area (Å²) in [6.45, 7) is 0. The summed E-state index contributed by atoms with van der Waals surface area (Å²) in [5.74, 6) is -2.13. The van der Waals surface area contributed by atoms with Crippen molar-refractivity contribution in [1.29, 1.82) is 0 Å². The van der Waals surface area contributed by atoms with Crippen molar-refractivity contribution in [2.75, 3.05) is 0 Å². The van der Waals surface area contributed by atoms with Crippen LogP contribution in [0.1, 0.15) is 12.8 Å². The summed E-state index contributed by atoms with van der Waals surface area (Å²) in [6.07, 6.45) is -0.472. The van der Waals surface area contributed by atoms with Crippen molar-refractivity contribution < 1.29 is 23.1 Å². The van der Waals surface area contributed by atoms with E-state index in [-0.39, 0.29) is 12.8 Å². The molecule has 0 bridgehead atoms. The van der Waals surface area contributed by atoms with Gasteiger partial charge in [0.05, 0.1) is 0 Å². The van der Waals surface area contributed by atoms with E-state index in [2.05, 4.69) is 5.14 Å². The fraction of sp³-hybridized carbons (Fsp3) is 0.600. The van der Waals surface area contributed by atoms with E-state index in [9.17, 15) is 18.0 Å². The first-order chi connectivity index (χ1) is 6.22. The lowest BCUT2D eigenvalue weighted by molar-refractivity contribution is -0.139. The maximum Gasteiger partial charge on any atom is 0.321 e. The van der Waals surface area contributed by atoms with E-state index in [1.54, 1.807) is 4.72 Å². The Morgan fingerprint density at radius 2 is 1.93 bits per heavy atom. The van der Waals surface area contributed by atoms with Crippen LogP contribution in [0.3, 0.4) is 0 Å². The molecular formula is C5H11N3O5S. The minimum atomic E-state index is -4.10. The molecule has 0 rings (SSSR count). The Hall–Kier alpha value is -1.19. The molecule has 0 heterocycles. The number of rotatable bonds is 6. The molecule has 0 fully saturated rings. The van der Waals surface area contributed by atoms with Crippen LogP contribution in [0, 0.1) is 0 Å². The van der Waals surface area contributed by atoms with Crippen molar-refractivity contribution in [3.05, 3.63) is 0 Å². The molecule has 0 aromatic rings. The highest BCUT2D eigenvalue weighted by Crippen LogP contribution is 1.97. The first kappa shape index (κ1) is 12.8. The monoisotopic (exact) mass is 225 g/mol. The maximum absolute atomic E-state index is 10.5. The molecule has 1 atom stereocenters. The fourth-order valence-corrected chi connectivity index (χ4v) is 1.33. The number of primary amides is 1. The molecule has 6 N–H and O–H groups in total. The first-order valence-electron chi connectivity index (χ1n) is 3.53. The minimum Gasteiger partial charge on any atom is -0.480 e. The Labute approximate surface area is 80.4 Å². The van der Waals surface area contributed by atoms with Crippen molar-refractivity contribution in [1.82, 2.24) is 4.72 Å². The summed E-state index contributed by atoms with van der Waals surface area (Å²) >= 11 is 0. The zero-order valence-corrected chi connectivity index (χ0v) is 7.95. The van der Waals surface area contributed by atoms with Crippen molar-refractivity contribution in [3.63, 3.8) is 0 Å². The molecule has 0 aliphatic rings. The summed E-state index contributed by atoms with van der Waals surface area (Å²) in [6, 6.07) is -1.43. The van der Waals surface area contributed by atoms with Gasteiger partial charge in [0, 0.05) is 6.42 Å². The second-order valence-electron chi connectivity index (χ2n) is 2.56. The summed E-state index contributed by atoms with van der Waals surface area (Å²) in [4.78, 5) is 20.8. The highest BCUT2D eigenvalue weighted by Gasteiger charge is 2.21. The van der Waals surface area contributed by atoms with Gasteiger partial charge in [-0.05, 0) is 6.42 Å². The van der Waals surface area contributed by atoms with Crippen LogP contribution >= 0.6 is 0 Å². The molecule has 9 heteroatoms. The zero-order chi connectivity index (χ0) is 11.4. The normalized spacial score (nSPS) is 13.5. The van der Waals surface area contributed by atoms with Gasteiger partial charge >= 0.3 is 5.97 Å². The third kappa shape index (κ3) is 6.34. The standard InChI is InChI=1S/C5H11N3O5S/c6-4(9)2-1-3(5(10)11)8-14(7,12)13/h3,8H,1-2H2,(H2,6,9)(H,10,11)(H2,7,12,13)/t3-/m1/s1. The molecule has 0 aliphatic carbocycles. The number of carboxylic acids is 1. The van der Waals surface area contributed by atoms with Crippen molar-refractivity contribution in [2.24, 2.45) is 10.9 Å².